The fourth-order valence-corrected chi connectivity index (χ4v) is 4.83. The van der Waals surface area contributed by atoms with E-state index in [1.54, 1.807) is 0 Å². The monoisotopic (exact) mass is 516 g/mol. The minimum absolute atomic E-state index is 0.0458. The molecule has 0 aliphatic rings. The van der Waals surface area contributed by atoms with Gasteiger partial charge in [0.15, 0.2) is 0 Å². The molecule has 0 radical (unpaired) electrons. The van der Waals surface area contributed by atoms with E-state index in [0.717, 1.165) is 48.3 Å². The van der Waals surface area contributed by atoms with Gasteiger partial charge in [-0.2, -0.15) is 8.42 Å². The zero-order valence-electron chi connectivity index (χ0n) is 21.9. The first-order chi connectivity index (χ1) is 17.4. The van der Waals surface area contributed by atoms with Crippen LogP contribution in [0.2, 0.25) is 0 Å². The van der Waals surface area contributed by atoms with Crippen LogP contribution in [0, 0.1) is 0 Å². The van der Waals surface area contributed by atoms with Gasteiger partial charge in [-0.25, -0.2) is 0 Å². The molecule has 200 valence electrons. The minimum Gasteiger partial charge on any atom is -0.493 e. The number of hydrogen-bond acceptors (Lipinski definition) is 4. The Hall–Kier alpha value is -2.31. The predicted octanol–water partition coefficient (Wildman–Crippen LogP) is 8.25. The maximum absolute atomic E-state index is 11.0. The Morgan fingerprint density at radius 3 is 2.19 bits per heavy atom. The van der Waals surface area contributed by atoms with Gasteiger partial charge in [-0.15, -0.1) is 6.58 Å². The topological polar surface area (TPSA) is 72.8 Å². The fourth-order valence-electron chi connectivity index (χ4n) is 4.26. The van der Waals surface area contributed by atoms with Crippen LogP contribution in [0.4, 0.5) is 0 Å². The lowest BCUT2D eigenvalue weighted by atomic mass is 10.0. The van der Waals surface area contributed by atoms with Crippen LogP contribution in [-0.2, 0) is 10.1 Å². The highest BCUT2D eigenvalue weighted by atomic mass is 32.2. The van der Waals surface area contributed by atoms with Gasteiger partial charge < -0.3 is 9.47 Å². The summed E-state index contributed by atoms with van der Waals surface area (Å²) in [6.45, 7) is 6.52. The molecule has 1 N–H and O–H groups in total. The normalized spacial score (nSPS) is 12.3. The smallest absolute Gasteiger partial charge is 0.264 e. The lowest BCUT2D eigenvalue weighted by Gasteiger charge is -2.22. The van der Waals surface area contributed by atoms with Crippen molar-refractivity contribution in [1.29, 1.82) is 0 Å². The van der Waals surface area contributed by atoms with E-state index in [-0.39, 0.29) is 11.9 Å². The third-order valence-corrected chi connectivity index (χ3v) is 7.09. The second-order valence-electron chi connectivity index (χ2n) is 9.33. The Labute approximate surface area is 218 Å². The Kier molecular flexibility index (Phi) is 14.3. The molecule has 2 aromatic rings. The molecule has 2 rings (SSSR count). The second kappa shape index (κ2) is 17.2. The van der Waals surface area contributed by atoms with Gasteiger partial charge in [0.1, 0.15) is 11.5 Å². The first-order valence-corrected chi connectivity index (χ1v) is 15.1. The first-order valence-electron chi connectivity index (χ1n) is 13.5. The molecule has 1 atom stereocenters. The molecule has 2 aromatic carbocycles. The van der Waals surface area contributed by atoms with Crippen molar-refractivity contribution in [2.24, 2.45) is 0 Å². The molecule has 1 unspecified atom stereocenters. The molecule has 0 saturated carbocycles. The van der Waals surface area contributed by atoms with Crippen molar-refractivity contribution in [1.82, 2.24) is 0 Å². The van der Waals surface area contributed by atoms with Gasteiger partial charge in [-0.05, 0) is 62.6 Å². The van der Waals surface area contributed by atoms with Crippen LogP contribution in [0.3, 0.4) is 0 Å². The number of benzene rings is 2. The summed E-state index contributed by atoms with van der Waals surface area (Å²) in [6.07, 6.45) is 14.2. The van der Waals surface area contributed by atoms with Crippen LogP contribution in [0.25, 0.3) is 11.1 Å². The number of ether oxygens (including phenoxy) is 2. The molecule has 0 spiro atoms. The second-order valence-corrected chi connectivity index (χ2v) is 10.9. The van der Waals surface area contributed by atoms with E-state index in [2.05, 4.69) is 25.6 Å². The summed E-state index contributed by atoms with van der Waals surface area (Å²) >= 11 is 0. The van der Waals surface area contributed by atoms with Gasteiger partial charge in [0, 0.05) is 0 Å². The van der Waals surface area contributed by atoms with E-state index in [0.29, 0.717) is 19.4 Å². The van der Waals surface area contributed by atoms with E-state index in [9.17, 15) is 8.42 Å². The summed E-state index contributed by atoms with van der Waals surface area (Å²) in [7, 11) is -3.92. The molecule has 0 saturated heterocycles. The van der Waals surface area contributed by atoms with E-state index < -0.39 is 10.1 Å². The summed E-state index contributed by atoms with van der Waals surface area (Å²) in [5.41, 5.74) is 2.00. The fraction of sp³-hybridized carbons (Fsp3) is 0.533. The van der Waals surface area contributed by atoms with Gasteiger partial charge in [-0.3, -0.25) is 4.55 Å². The summed E-state index contributed by atoms with van der Waals surface area (Å²) in [5.74, 6) is 1.39. The molecule has 0 bridgehead atoms. The van der Waals surface area contributed by atoms with Gasteiger partial charge in [0.25, 0.3) is 10.1 Å². The Bertz CT molecular complexity index is 972. The van der Waals surface area contributed by atoms with Crippen LogP contribution >= 0.6 is 0 Å². The van der Waals surface area contributed by atoms with Gasteiger partial charge >= 0.3 is 0 Å². The Morgan fingerprint density at radius 2 is 1.53 bits per heavy atom. The van der Waals surface area contributed by atoms with Crippen molar-refractivity contribution < 1.29 is 22.4 Å². The molecular weight excluding hydrogens is 472 g/mol. The lowest BCUT2D eigenvalue weighted by molar-refractivity contribution is 0.183. The van der Waals surface area contributed by atoms with Crippen LogP contribution in [0.1, 0.15) is 84.0 Å². The standard InChI is InChI=1S/C30H44O5S/c1-3-5-6-7-8-9-10-11-16-24-34-28-22-18-23-29(30(28)26-19-13-12-14-20-26)35-27(4-2)21-15-17-25-36(31,32)33/h3,12-14,18-20,22-23,27H,1,4-11,15-17,21,24-25H2,2H3,(H,31,32,33). The molecule has 0 heterocycles. The van der Waals surface area contributed by atoms with E-state index in [1.807, 2.05) is 42.5 Å². The molecule has 0 aliphatic heterocycles. The first kappa shape index (κ1) is 29.9. The zero-order valence-corrected chi connectivity index (χ0v) is 22.7. The molecule has 0 amide bonds. The van der Waals surface area contributed by atoms with E-state index in [4.69, 9.17) is 14.0 Å². The van der Waals surface area contributed by atoms with Crippen LogP contribution in [0.15, 0.2) is 61.2 Å². The molecule has 36 heavy (non-hydrogen) atoms. The Balaban J connectivity index is 1.96. The zero-order chi connectivity index (χ0) is 26.1. The van der Waals surface area contributed by atoms with Gasteiger partial charge in [0.2, 0.25) is 0 Å². The maximum atomic E-state index is 11.0. The highest BCUT2D eigenvalue weighted by molar-refractivity contribution is 7.85. The Morgan fingerprint density at radius 1 is 0.861 bits per heavy atom. The molecule has 6 heteroatoms. The number of unbranched alkanes of at least 4 members (excludes halogenated alkanes) is 8. The highest BCUT2D eigenvalue weighted by Crippen LogP contribution is 2.39. The van der Waals surface area contributed by atoms with Crippen LogP contribution in [0.5, 0.6) is 11.5 Å². The van der Waals surface area contributed by atoms with Crippen molar-refractivity contribution in [2.45, 2.75) is 90.1 Å². The minimum atomic E-state index is -3.92. The third kappa shape index (κ3) is 12.1. The average molecular weight is 517 g/mol. The van der Waals surface area contributed by atoms with Crippen molar-refractivity contribution in [3.63, 3.8) is 0 Å². The largest absolute Gasteiger partial charge is 0.493 e. The van der Waals surface area contributed by atoms with Crippen LogP contribution in [-0.4, -0.2) is 31.4 Å². The van der Waals surface area contributed by atoms with Crippen molar-refractivity contribution in [3.8, 4) is 22.6 Å². The highest BCUT2D eigenvalue weighted by Gasteiger charge is 2.17. The molecule has 0 aliphatic carbocycles. The third-order valence-electron chi connectivity index (χ3n) is 6.29. The number of rotatable bonds is 20. The summed E-state index contributed by atoms with van der Waals surface area (Å²) in [6, 6.07) is 16.1. The lowest BCUT2D eigenvalue weighted by Crippen LogP contribution is -2.16. The van der Waals surface area contributed by atoms with E-state index in [1.165, 1.54) is 38.5 Å². The average Bonchev–Trinajstić information content (AvgIpc) is 2.87. The number of hydrogen-bond donors (Lipinski definition) is 1. The number of allylic oxidation sites excluding steroid dienone is 1. The molecule has 0 fully saturated rings. The van der Waals surface area contributed by atoms with Crippen molar-refractivity contribution in [3.05, 3.63) is 61.2 Å². The van der Waals surface area contributed by atoms with Crippen molar-refractivity contribution in [2.75, 3.05) is 12.4 Å². The molecule has 0 aromatic heterocycles. The quantitative estimate of drug-likeness (QED) is 0.109. The predicted molar refractivity (Wildman–Crippen MR) is 149 cm³/mol. The summed E-state index contributed by atoms with van der Waals surface area (Å²) in [4.78, 5) is 0. The van der Waals surface area contributed by atoms with Crippen LogP contribution < -0.4 is 9.47 Å². The summed E-state index contributed by atoms with van der Waals surface area (Å²) < 4.78 is 43.6. The summed E-state index contributed by atoms with van der Waals surface area (Å²) in [5, 5.41) is 0. The van der Waals surface area contributed by atoms with E-state index >= 15 is 0 Å². The van der Waals surface area contributed by atoms with Gasteiger partial charge in [-0.1, -0.05) is 81.5 Å². The molecular formula is C30H44O5S. The van der Waals surface area contributed by atoms with Crippen molar-refractivity contribution >= 4 is 10.1 Å². The maximum Gasteiger partial charge on any atom is 0.264 e. The molecule has 5 nitrogen and oxygen atoms in total. The van der Waals surface area contributed by atoms with Gasteiger partial charge in [0.05, 0.1) is 24.0 Å². The SMILES string of the molecule is C=CCCCCCCCCCOc1cccc(OC(CC)CCCCS(=O)(=O)O)c1-c1ccccc1.